The third kappa shape index (κ3) is 7.48. The molecule has 2 amide bonds. The summed E-state index contributed by atoms with van der Waals surface area (Å²) in [5, 5.41) is 5.77. The topological polar surface area (TPSA) is 67.4 Å². The largest absolute Gasteiger partial charge is 0.381 e. The molecule has 0 aliphatic rings. The molecule has 0 saturated heterocycles. The van der Waals surface area contributed by atoms with E-state index in [4.69, 9.17) is 16.3 Å². The van der Waals surface area contributed by atoms with Gasteiger partial charge in [0.25, 0.3) is 5.91 Å². The summed E-state index contributed by atoms with van der Waals surface area (Å²) in [4.78, 5) is 24.0. The number of ether oxygens (including phenoxy) is 1. The SMILES string of the molecule is CC(C)COCCCNC(=O)C(C)NC(=O)c1ccccc1Cl. The van der Waals surface area contributed by atoms with E-state index in [0.717, 1.165) is 13.0 Å². The second-order valence-electron chi connectivity index (χ2n) is 5.79. The lowest BCUT2D eigenvalue weighted by Crippen LogP contribution is -2.45. The molecule has 1 rings (SSSR count). The van der Waals surface area contributed by atoms with Crippen molar-refractivity contribution in [3.63, 3.8) is 0 Å². The maximum atomic E-state index is 12.1. The van der Waals surface area contributed by atoms with Gasteiger partial charge in [0.1, 0.15) is 6.04 Å². The Hall–Kier alpha value is -1.59. The minimum Gasteiger partial charge on any atom is -0.381 e. The van der Waals surface area contributed by atoms with Crippen LogP contribution in [0.2, 0.25) is 5.02 Å². The minimum atomic E-state index is -0.629. The van der Waals surface area contributed by atoms with Crippen LogP contribution in [-0.2, 0) is 9.53 Å². The van der Waals surface area contributed by atoms with Crippen molar-refractivity contribution < 1.29 is 14.3 Å². The van der Waals surface area contributed by atoms with Gasteiger partial charge in [-0.15, -0.1) is 0 Å². The van der Waals surface area contributed by atoms with Crippen molar-refractivity contribution in [2.75, 3.05) is 19.8 Å². The molecule has 23 heavy (non-hydrogen) atoms. The quantitative estimate of drug-likeness (QED) is 0.679. The Morgan fingerprint density at radius 2 is 1.91 bits per heavy atom. The lowest BCUT2D eigenvalue weighted by molar-refractivity contribution is -0.122. The van der Waals surface area contributed by atoms with Gasteiger partial charge in [-0.3, -0.25) is 9.59 Å². The zero-order valence-electron chi connectivity index (χ0n) is 13.9. The summed E-state index contributed by atoms with van der Waals surface area (Å²) in [6, 6.07) is 6.10. The maximum Gasteiger partial charge on any atom is 0.253 e. The van der Waals surface area contributed by atoms with Gasteiger partial charge in [0.2, 0.25) is 5.91 Å². The first-order chi connectivity index (χ1) is 10.9. The average molecular weight is 341 g/mol. The first-order valence-electron chi connectivity index (χ1n) is 7.82. The van der Waals surface area contributed by atoms with Gasteiger partial charge >= 0.3 is 0 Å². The molecule has 128 valence electrons. The molecule has 1 aromatic rings. The van der Waals surface area contributed by atoms with Crippen LogP contribution in [0.4, 0.5) is 0 Å². The van der Waals surface area contributed by atoms with E-state index < -0.39 is 6.04 Å². The van der Waals surface area contributed by atoms with Crippen LogP contribution in [0.15, 0.2) is 24.3 Å². The number of hydrogen-bond acceptors (Lipinski definition) is 3. The molecule has 1 atom stereocenters. The van der Waals surface area contributed by atoms with Crippen molar-refractivity contribution in [3.8, 4) is 0 Å². The van der Waals surface area contributed by atoms with Gasteiger partial charge in [-0.05, 0) is 31.4 Å². The molecule has 2 N–H and O–H groups in total. The lowest BCUT2D eigenvalue weighted by Gasteiger charge is -2.15. The Labute approximate surface area is 142 Å². The molecular formula is C17H25ClN2O3. The van der Waals surface area contributed by atoms with Crippen molar-refractivity contribution >= 4 is 23.4 Å². The molecule has 0 bridgehead atoms. The van der Waals surface area contributed by atoms with Crippen LogP contribution >= 0.6 is 11.6 Å². The second-order valence-corrected chi connectivity index (χ2v) is 6.20. The molecule has 0 spiro atoms. The summed E-state index contributed by atoms with van der Waals surface area (Å²) in [6.07, 6.45) is 0.740. The van der Waals surface area contributed by atoms with Gasteiger partial charge in [0, 0.05) is 19.8 Å². The maximum absolute atomic E-state index is 12.1. The van der Waals surface area contributed by atoms with E-state index in [-0.39, 0.29) is 11.8 Å². The van der Waals surface area contributed by atoms with Crippen LogP contribution in [0.3, 0.4) is 0 Å². The number of halogens is 1. The van der Waals surface area contributed by atoms with E-state index >= 15 is 0 Å². The predicted octanol–water partition coefficient (Wildman–Crippen LogP) is 2.64. The number of carbonyl (C=O) groups is 2. The molecule has 1 unspecified atom stereocenters. The van der Waals surface area contributed by atoms with Gasteiger partial charge in [-0.2, -0.15) is 0 Å². The second kappa shape index (κ2) is 10.2. The average Bonchev–Trinajstić information content (AvgIpc) is 2.50. The van der Waals surface area contributed by atoms with Crippen LogP contribution in [0.25, 0.3) is 0 Å². The third-order valence-corrected chi connectivity index (χ3v) is 3.40. The molecular weight excluding hydrogens is 316 g/mol. The number of nitrogens with one attached hydrogen (secondary N) is 2. The Morgan fingerprint density at radius 1 is 1.22 bits per heavy atom. The summed E-state index contributed by atoms with van der Waals surface area (Å²) in [5.74, 6) is -0.0857. The van der Waals surface area contributed by atoms with Gasteiger partial charge in [-0.25, -0.2) is 0 Å². The van der Waals surface area contributed by atoms with Crippen LogP contribution in [0.1, 0.15) is 37.6 Å². The number of benzene rings is 1. The highest BCUT2D eigenvalue weighted by Gasteiger charge is 2.17. The highest BCUT2D eigenvalue weighted by molar-refractivity contribution is 6.33. The van der Waals surface area contributed by atoms with Crippen molar-refractivity contribution in [1.29, 1.82) is 0 Å². The molecule has 0 saturated carbocycles. The van der Waals surface area contributed by atoms with Crippen molar-refractivity contribution in [2.45, 2.75) is 33.2 Å². The van der Waals surface area contributed by atoms with Gasteiger partial charge < -0.3 is 15.4 Å². The van der Waals surface area contributed by atoms with Crippen LogP contribution in [0, 0.1) is 5.92 Å². The summed E-state index contributed by atoms with van der Waals surface area (Å²) in [6.45, 7) is 7.66. The molecule has 5 nitrogen and oxygen atoms in total. The fraction of sp³-hybridized carbons (Fsp3) is 0.529. The number of carbonyl (C=O) groups excluding carboxylic acids is 2. The Morgan fingerprint density at radius 3 is 2.57 bits per heavy atom. The highest BCUT2D eigenvalue weighted by atomic mass is 35.5. The normalized spacial score (nSPS) is 12.0. The first kappa shape index (κ1) is 19.5. The zero-order chi connectivity index (χ0) is 17.2. The van der Waals surface area contributed by atoms with Crippen LogP contribution in [0.5, 0.6) is 0 Å². The monoisotopic (exact) mass is 340 g/mol. The zero-order valence-corrected chi connectivity index (χ0v) is 14.7. The van der Waals surface area contributed by atoms with E-state index in [9.17, 15) is 9.59 Å². The summed E-state index contributed by atoms with van der Waals surface area (Å²) >= 11 is 5.96. The highest BCUT2D eigenvalue weighted by Crippen LogP contribution is 2.14. The van der Waals surface area contributed by atoms with Crippen LogP contribution < -0.4 is 10.6 Å². The molecule has 0 fully saturated rings. The molecule has 0 aliphatic heterocycles. The van der Waals surface area contributed by atoms with Gasteiger partial charge in [0.15, 0.2) is 0 Å². The minimum absolute atomic E-state index is 0.228. The summed E-state index contributed by atoms with van der Waals surface area (Å²) in [7, 11) is 0. The fourth-order valence-electron chi connectivity index (χ4n) is 1.84. The van der Waals surface area contributed by atoms with E-state index in [0.29, 0.717) is 29.7 Å². The number of rotatable bonds is 9. The van der Waals surface area contributed by atoms with E-state index in [1.165, 1.54) is 0 Å². The first-order valence-corrected chi connectivity index (χ1v) is 8.20. The van der Waals surface area contributed by atoms with Gasteiger partial charge in [0.05, 0.1) is 10.6 Å². The van der Waals surface area contributed by atoms with Crippen molar-refractivity contribution in [2.24, 2.45) is 5.92 Å². The van der Waals surface area contributed by atoms with E-state index in [2.05, 4.69) is 24.5 Å². The Balaban J connectivity index is 2.29. The van der Waals surface area contributed by atoms with E-state index in [1.54, 1.807) is 31.2 Å². The Kier molecular flexibility index (Phi) is 8.66. The number of amides is 2. The molecule has 1 aromatic carbocycles. The van der Waals surface area contributed by atoms with Crippen LogP contribution in [-0.4, -0.2) is 37.6 Å². The van der Waals surface area contributed by atoms with Gasteiger partial charge in [-0.1, -0.05) is 37.6 Å². The van der Waals surface area contributed by atoms with Crippen molar-refractivity contribution in [1.82, 2.24) is 10.6 Å². The Bertz CT molecular complexity index is 520. The molecule has 0 heterocycles. The smallest absolute Gasteiger partial charge is 0.253 e. The fourth-order valence-corrected chi connectivity index (χ4v) is 2.06. The van der Waals surface area contributed by atoms with Crippen molar-refractivity contribution in [3.05, 3.63) is 34.9 Å². The van der Waals surface area contributed by atoms with E-state index in [1.807, 2.05) is 0 Å². The number of hydrogen-bond donors (Lipinski definition) is 2. The standard InChI is InChI=1S/C17H25ClN2O3/c1-12(2)11-23-10-6-9-19-16(21)13(3)20-17(22)14-7-4-5-8-15(14)18/h4-5,7-8,12-13H,6,9-11H2,1-3H3,(H,19,21)(H,20,22). The molecule has 6 heteroatoms. The predicted molar refractivity (Wildman–Crippen MR) is 91.7 cm³/mol. The molecule has 0 aliphatic carbocycles. The molecule has 0 radical (unpaired) electrons. The third-order valence-electron chi connectivity index (χ3n) is 3.08. The molecule has 0 aromatic heterocycles. The summed E-state index contributed by atoms with van der Waals surface area (Å²) < 4.78 is 5.44. The lowest BCUT2D eigenvalue weighted by atomic mass is 10.2. The summed E-state index contributed by atoms with van der Waals surface area (Å²) in [5.41, 5.74) is 0.357.